The van der Waals surface area contributed by atoms with Crippen LogP contribution in [0.3, 0.4) is 0 Å². The highest BCUT2D eigenvalue weighted by atomic mass is 15.3. The van der Waals surface area contributed by atoms with Crippen molar-refractivity contribution in [3.05, 3.63) is 36.4 Å². The average Bonchev–Trinajstić information content (AvgIpc) is 3.17. The summed E-state index contributed by atoms with van der Waals surface area (Å²) < 4.78 is 0. The highest BCUT2D eigenvalue weighted by Crippen LogP contribution is 2.28. The van der Waals surface area contributed by atoms with Crippen molar-refractivity contribution >= 4 is 11.8 Å². The fourth-order valence-electron chi connectivity index (χ4n) is 3.80. The van der Waals surface area contributed by atoms with Gasteiger partial charge >= 0.3 is 0 Å². The molecule has 126 valence electrons. The molecule has 24 heavy (non-hydrogen) atoms. The van der Waals surface area contributed by atoms with E-state index in [-0.39, 0.29) is 0 Å². The van der Waals surface area contributed by atoms with Crippen LogP contribution in [0, 0.1) is 5.92 Å². The van der Waals surface area contributed by atoms with E-state index in [4.69, 9.17) is 9.97 Å². The van der Waals surface area contributed by atoms with Gasteiger partial charge in [0.05, 0.1) is 5.69 Å². The summed E-state index contributed by atoms with van der Waals surface area (Å²) in [6.07, 6.45) is 5.07. The lowest BCUT2D eigenvalue weighted by molar-refractivity contribution is 0.444. The highest BCUT2D eigenvalue weighted by Gasteiger charge is 2.22. The van der Waals surface area contributed by atoms with Crippen LogP contribution in [-0.4, -0.2) is 36.1 Å². The molecule has 0 amide bonds. The number of anilines is 2. The molecule has 4 heteroatoms. The second-order valence-electron chi connectivity index (χ2n) is 7.16. The predicted molar refractivity (Wildman–Crippen MR) is 99.5 cm³/mol. The summed E-state index contributed by atoms with van der Waals surface area (Å²) >= 11 is 0. The van der Waals surface area contributed by atoms with Crippen LogP contribution in [0.5, 0.6) is 0 Å². The van der Waals surface area contributed by atoms with Crippen molar-refractivity contribution in [1.82, 2.24) is 9.97 Å². The minimum atomic E-state index is 0.740. The molecule has 3 heterocycles. The SMILES string of the molecule is CC1CCCN(c2cc(-c3ccccc3)nc(N3CCCC3)n2)C1. The molecule has 1 unspecified atom stereocenters. The Hall–Kier alpha value is -2.10. The van der Waals surface area contributed by atoms with Crippen molar-refractivity contribution in [2.24, 2.45) is 5.92 Å². The Balaban J connectivity index is 1.73. The Labute approximate surface area is 144 Å². The number of nitrogens with zero attached hydrogens (tertiary/aromatic N) is 4. The lowest BCUT2D eigenvalue weighted by Gasteiger charge is -2.32. The van der Waals surface area contributed by atoms with E-state index in [9.17, 15) is 0 Å². The van der Waals surface area contributed by atoms with Crippen molar-refractivity contribution in [2.75, 3.05) is 36.0 Å². The smallest absolute Gasteiger partial charge is 0.227 e. The molecule has 2 saturated heterocycles. The summed E-state index contributed by atoms with van der Waals surface area (Å²) in [5, 5.41) is 0. The minimum Gasteiger partial charge on any atom is -0.356 e. The predicted octanol–water partition coefficient (Wildman–Crippen LogP) is 3.98. The van der Waals surface area contributed by atoms with Gasteiger partial charge in [-0.15, -0.1) is 0 Å². The van der Waals surface area contributed by atoms with Crippen LogP contribution >= 0.6 is 0 Å². The van der Waals surface area contributed by atoms with Gasteiger partial charge in [-0.05, 0) is 31.6 Å². The van der Waals surface area contributed by atoms with Gasteiger partial charge < -0.3 is 9.80 Å². The number of aromatic nitrogens is 2. The van der Waals surface area contributed by atoms with E-state index < -0.39 is 0 Å². The third-order valence-corrected chi connectivity index (χ3v) is 5.14. The van der Waals surface area contributed by atoms with Gasteiger partial charge in [0, 0.05) is 37.8 Å². The second-order valence-corrected chi connectivity index (χ2v) is 7.16. The Bertz CT molecular complexity index is 679. The standard InChI is InChI=1S/C20H26N4/c1-16-8-7-13-24(15-16)19-14-18(17-9-3-2-4-10-17)21-20(22-19)23-11-5-6-12-23/h2-4,9-10,14,16H,5-8,11-13,15H2,1H3. The van der Waals surface area contributed by atoms with Crippen molar-refractivity contribution in [2.45, 2.75) is 32.6 Å². The Morgan fingerprint density at radius 2 is 1.67 bits per heavy atom. The monoisotopic (exact) mass is 322 g/mol. The summed E-state index contributed by atoms with van der Waals surface area (Å²) in [4.78, 5) is 14.6. The van der Waals surface area contributed by atoms with E-state index in [0.29, 0.717) is 0 Å². The Kier molecular flexibility index (Phi) is 4.37. The average molecular weight is 322 g/mol. The largest absolute Gasteiger partial charge is 0.356 e. The molecule has 0 N–H and O–H groups in total. The first kappa shape index (κ1) is 15.4. The van der Waals surface area contributed by atoms with Gasteiger partial charge in [-0.3, -0.25) is 0 Å². The van der Waals surface area contributed by atoms with Gasteiger partial charge in [0.2, 0.25) is 5.95 Å². The molecule has 1 aromatic heterocycles. The summed E-state index contributed by atoms with van der Waals surface area (Å²) in [6.45, 7) is 6.70. The number of benzene rings is 1. The van der Waals surface area contributed by atoms with Gasteiger partial charge in [-0.25, -0.2) is 4.98 Å². The molecule has 0 aliphatic carbocycles. The summed E-state index contributed by atoms with van der Waals surface area (Å²) in [5.74, 6) is 2.74. The molecule has 2 aromatic rings. The summed E-state index contributed by atoms with van der Waals surface area (Å²) in [7, 11) is 0. The van der Waals surface area contributed by atoms with Crippen LogP contribution < -0.4 is 9.80 Å². The third-order valence-electron chi connectivity index (χ3n) is 5.14. The third kappa shape index (κ3) is 3.23. The molecule has 0 bridgehead atoms. The first-order valence-corrected chi connectivity index (χ1v) is 9.24. The van der Waals surface area contributed by atoms with Crippen molar-refractivity contribution in [3.8, 4) is 11.3 Å². The number of piperidine rings is 1. The zero-order chi connectivity index (χ0) is 16.4. The van der Waals surface area contributed by atoms with Crippen LogP contribution in [-0.2, 0) is 0 Å². The van der Waals surface area contributed by atoms with Crippen LogP contribution in [0.25, 0.3) is 11.3 Å². The van der Waals surface area contributed by atoms with E-state index in [2.05, 4.69) is 53.1 Å². The fourth-order valence-corrected chi connectivity index (χ4v) is 3.80. The molecule has 0 saturated carbocycles. The summed E-state index contributed by atoms with van der Waals surface area (Å²) in [5.41, 5.74) is 2.22. The first-order chi connectivity index (χ1) is 11.8. The topological polar surface area (TPSA) is 32.3 Å². The maximum absolute atomic E-state index is 4.94. The van der Waals surface area contributed by atoms with E-state index in [1.807, 2.05) is 0 Å². The molecule has 0 spiro atoms. The van der Waals surface area contributed by atoms with Gasteiger partial charge in [0.1, 0.15) is 5.82 Å². The van der Waals surface area contributed by atoms with Crippen molar-refractivity contribution in [3.63, 3.8) is 0 Å². The molecule has 2 aliphatic rings. The molecule has 4 nitrogen and oxygen atoms in total. The Morgan fingerprint density at radius 1 is 0.917 bits per heavy atom. The van der Waals surface area contributed by atoms with Crippen LogP contribution in [0.1, 0.15) is 32.6 Å². The molecule has 1 aromatic carbocycles. The molecule has 1 atom stereocenters. The molecule has 2 aliphatic heterocycles. The van der Waals surface area contributed by atoms with Crippen LogP contribution in [0.2, 0.25) is 0 Å². The van der Waals surface area contributed by atoms with Gasteiger partial charge in [0.25, 0.3) is 0 Å². The highest BCUT2D eigenvalue weighted by molar-refractivity contribution is 5.65. The van der Waals surface area contributed by atoms with E-state index in [1.54, 1.807) is 0 Å². The van der Waals surface area contributed by atoms with E-state index >= 15 is 0 Å². The van der Waals surface area contributed by atoms with Gasteiger partial charge in [0.15, 0.2) is 0 Å². The number of hydrogen-bond donors (Lipinski definition) is 0. The van der Waals surface area contributed by atoms with Crippen LogP contribution in [0.15, 0.2) is 36.4 Å². The van der Waals surface area contributed by atoms with Crippen molar-refractivity contribution < 1.29 is 0 Å². The second kappa shape index (κ2) is 6.80. The maximum Gasteiger partial charge on any atom is 0.227 e. The zero-order valence-corrected chi connectivity index (χ0v) is 14.5. The normalized spacial score (nSPS) is 21.3. The molecule has 4 rings (SSSR count). The van der Waals surface area contributed by atoms with E-state index in [0.717, 1.165) is 49.6 Å². The lowest BCUT2D eigenvalue weighted by Crippen LogP contribution is -2.35. The first-order valence-electron chi connectivity index (χ1n) is 9.24. The van der Waals surface area contributed by atoms with Crippen LogP contribution in [0.4, 0.5) is 11.8 Å². The van der Waals surface area contributed by atoms with Gasteiger partial charge in [-0.2, -0.15) is 4.98 Å². The number of hydrogen-bond acceptors (Lipinski definition) is 4. The molecule has 2 fully saturated rings. The maximum atomic E-state index is 4.94. The Morgan fingerprint density at radius 3 is 2.42 bits per heavy atom. The van der Waals surface area contributed by atoms with E-state index in [1.165, 1.54) is 31.2 Å². The number of rotatable bonds is 3. The minimum absolute atomic E-state index is 0.740. The zero-order valence-electron chi connectivity index (χ0n) is 14.5. The van der Waals surface area contributed by atoms with Crippen molar-refractivity contribution in [1.29, 1.82) is 0 Å². The molecular formula is C20H26N4. The lowest BCUT2D eigenvalue weighted by atomic mass is 10.0. The molecular weight excluding hydrogens is 296 g/mol. The summed E-state index contributed by atoms with van der Waals surface area (Å²) in [6, 6.07) is 12.7. The quantitative estimate of drug-likeness (QED) is 0.855. The molecule has 0 radical (unpaired) electrons. The van der Waals surface area contributed by atoms with Gasteiger partial charge in [-0.1, -0.05) is 37.3 Å². The fraction of sp³-hybridized carbons (Fsp3) is 0.500.